The van der Waals surface area contributed by atoms with Crippen LogP contribution in [0.15, 0.2) is 47.3 Å². The second kappa shape index (κ2) is 4.78. The summed E-state index contributed by atoms with van der Waals surface area (Å²) in [6.45, 7) is 4.38. The normalized spacial score (nSPS) is 11.5. The Morgan fingerprint density at radius 2 is 1.74 bits per heavy atom. The van der Waals surface area contributed by atoms with Crippen LogP contribution < -0.4 is 5.43 Å². The van der Waals surface area contributed by atoms with Crippen LogP contribution in [0.25, 0.3) is 20.2 Å². The van der Waals surface area contributed by atoms with Crippen LogP contribution in [-0.2, 0) is 6.42 Å². The van der Waals surface area contributed by atoms with Gasteiger partial charge in [0.25, 0.3) is 0 Å². The lowest BCUT2D eigenvalue weighted by Crippen LogP contribution is -2.06. The molecule has 0 atom stereocenters. The van der Waals surface area contributed by atoms with Crippen molar-refractivity contribution in [3.63, 3.8) is 0 Å². The molecule has 0 N–H and O–H groups in total. The maximum absolute atomic E-state index is 12.7. The molecule has 0 aliphatic heterocycles. The first kappa shape index (κ1) is 12.4. The van der Waals surface area contributed by atoms with Crippen LogP contribution in [0.2, 0.25) is 0 Å². The standard InChI is InChI=1S/C17H16OS/c1-11(2)10-12-6-5-9-15-16(12)17(18)13-7-3-4-8-14(13)19-15/h3-9,11H,10H2,1-2H3. The lowest BCUT2D eigenvalue weighted by Gasteiger charge is -2.09. The van der Waals surface area contributed by atoms with Gasteiger partial charge in [0, 0.05) is 20.2 Å². The lowest BCUT2D eigenvalue weighted by molar-refractivity contribution is 0.650. The molecule has 1 heterocycles. The lowest BCUT2D eigenvalue weighted by atomic mass is 9.99. The van der Waals surface area contributed by atoms with Crippen molar-refractivity contribution in [2.24, 2.45) is 5.92 Å². The molecule has 1 nitrogen and oxygen atoms in total. The fourth-order valence-electron chi connectivity index (χ4n) is 2.53. The van der Waals surface area contributed by atoms with Gasteiger partial charge in [-0.3, -0.25) is 4.79 Å². The summed E-state index contributed by atoms with van der Waals surface area (Å²) in [6.07, 6.45) is 0.956. The molecule has 0 unspecified atom stereocenters. The van der Waals surface area contributed by atoms with E-state index in [-0.39, 0.29) is 5.43 Å². The van der Waals surface area contributed by atoms with Crippen molar-refractivity contribution in [2.45, 2.75) is 20.3 Å². The monoisotopic (exact) mass is 268 g/mol. The summed E-state index contributed by atoms with van der Waals surface area (Å²) in [5, 5.41) is 1.76. The summed E-state index contributed by atoms with van der Waals surface area (Å²) in [7, 11) is 0. The molecular weight excluding hydrogens is 252 g/mol. The van der Waals surface area contributed by atoms with E-state index in [1.165, 1.54) is 5.56 Å². The molecule has 3 rings (SSSR count). The van der Waals surface area contributed by atoms with E-state index in [0.717, 1.165) is 26.6 Å². The van der Waals surface area contributed by atoms with E-state index in [4.69, 9.17) is 0 Å². The van der Waals surface area contributed by atoms with Crippen LogP contribution >= 0.6 is 11.3 Å². The molecule has 0 aliphatic carbocycles. The van der Waals surface area contributed by atoms with E-state index < -0.39 is 0 Å². The van der Waals surface area contributed by atoms with Gasteiger partial charge in [-0.05, 0) is 36.1 Å². The van der Waals surface area contributed by atoms with Crippen molar-refractivity contribution < 1.29 is 0 Å². The average molecular weight is 268 g/mol. The molecule has 0 amide bonds. The van der Waals surface area contributed by atoms with E-state index in [9.17, 15) is 4.79 Å². The summed E-state index contributed by atoms with van der Waals surface area (Å²) >= 11 is 1.71. The summed E-state index contributed by atoms with van der Waals surface area (Å²) in [4.78, 5) is 12.7. The average Bonchev–Trinajstić information content (AvgIpc) is 2.38. The van der Waals surface area contributed by atoms with Crippen molar-refractivity contribution in [3.05, 3.63) is 58.3 Å². The third kappa shape index (κ3) is 2.17. The molecule has 96 valence electrons. The predicted octanol–water partition coefficient (Wildman–Crippen LogP) is 4.61. The quantitative estimate of drug-likeness (QED) is 0.620. The van der Waals surface area contributed by atoms with E-state index in [1.807, 2.05) is 24.3 Å². The molecule has 0 fully saturated rings. The van der Waals surface area contributed by atoms with Crippen molar-refractivity contribution in [3.8, 4) is 0 Å². The van der Waals surface area contributed by atoms with Crippen LogP contribution in [0.3, 0.4) is 0 Å². The Kier molecular flexibility index (Phi) is 3.11. The first-order valence-corrected chi connectivity index (χ1v) is 7.42. The highest BCUT2D eigenvalue weighted by Gasteiger charge is 2.10. The van der Waals surface area contributed by atoms with E-state index in [1.54, 1.807) is 11.3 Å². The van der Waals surface area contributed by atoms with Crippen LogP contribution in [0.5, 0.6) is 0 Å². The first-order chi connectivity index (χ1) is 9.16. The smallest absolute Gasteiger partial charge is 0.196 e. The second-order valence-corrected chi connectivity index (χ2v) is 6.40. The minimum absolute atomic E-state index is 0.181. The van der Waals surface area contributed by atoms with Crippen molar-refractivity contribution in [1.29, 1.82) is 0 Å². The van der Waals surface area contributed by atoms with Gasteiger partial charge in [0.15, 0.2) is 5.43 Å². The maximum atomic E-state index is 12.7. The van der Waals surface area contributed by atoms with Gasteiger partial charge >= 0.3 is 0 Å². The largest absolute Gasteiger partial charge is 0.288 e. The minimum atomic E-state index is 0.181. The van der Waals surface area contributed by atoms with Crippen molar-refractivity contribution in [1.82, 2.24) is 0 Å². The van der Waals surface area contributed by atoms with Gasteiger partial charge in [-0.2, -0.15) is 0 Å². The van der Waals surface area contributed by atoms with Crippen LogP contribution in [-0.4, -0.2) is 0 Å². The highest BCUT2D eigenvalue weighted by Crippen LogP contribution is 2.27. The predicted molar refractivity (Wildman–Crippen MR) is 84.1 cm³/mol. The van der Waals surface area contributed by atoms with Gasteiger partial charge in [-0.25, -0.2) is 0 Å². The zero-order chi connectivity index (χ0) is 13.4. The van der Waals surface area contributed by atoms with E-state index in [2.05, 4.69) is 32.0 Å². The van der Waals surface area contributed by atoms with Gasteiger partial charge in [0.2, 0.25) is 0 Å². The van der Waals surface area contributed by atoms with E-state index in [0.29, 0.717) is 5.92 Å². The Morgan fingerprint density at radius 1 is 1.00 bits per heavy atom. The van der Waals surface area contributed by atoms with E-state index >= 15 is 0 Å². The summed E-state index contributed by atoms with van der Waals surface area (Å²) in [5.41, 5.74) is 1.36. The summed E-state index contributed by atoms with van der Waals surface area (Å²) < 4.78 is 2.17. The Balaban J connectivity index is 2.42. The molecule has 2 heteroatoms. The molecule has 1 aromatic heterocycles. The Bertz CT molecular complexity index is 799. The molecule has 0 saturated heterocycles. The number of hydrogen-bond acceptors (Lipinski definition) is 2. The van der Waals surface area contributed by atoms with Gasteiger partial charge in [-0.15, -0.1) is 11.3 Å². The Morgan fingerprint density at radius 3 is 2.53 bits per heavy atom. The van der Waals surface area contributed by atoms with Crippen LogP contribution in [0.1, 0.15) is 19.4 Å². The van der Waals surface area contributed by atoms with Gasteiger partial charge in [-0.1, -0.05) is 38.1 Å². The minimum Gasteiger partial charge on any atom is -0.288 e. The third-order valence-electron chi connectivity index (χ3n) is 3.32. The molecule has 0 aliphatic rings. The highest BCUT2D eigenvalue weighted by molar-refractivity contribution is 7.24. The highest BCUT2D eigenvalue weighted by atomic mass is 32.1. The Hall–Kier alpha value is -1.67. The van der Waals surface area contributed by atoms with Crippen molar-refractivity contribution >= 4 is 31.5 Å². The molecule has 0 radical (unpaired) electrons. The summed E-state index contributed by atoms with van der Waals surface area (Å²) in [6, 6.07) is 14.1. The zero-order valence-electron chi connectivity index (χ0n) is 11.1. The van der Waals surface area contributed by atoms with Gasteiger partial charge < -0.3 is 0 Å². The van der Waals surface area contributed by atoms with Crippen LogP contribution in [0.4, 0.5) is 0 Å². The molecule has 19 heavy (non-hydrogen) atoms. The SMILES string of the molecule is CC(C)Cc1cccc2sc3ccccc3c(=O)c12. The molecule has 0 spiro atoms. The van der Waals surface area contributed by atoms with Crippen LogP contribution in [0, 0.1) is 5.92 Å². The summed E-state index contributed by atoms with van der Waals surface area (Å²) in [5.74, 6) is 0.557. The molecule has 3 aromatic rings. The molecule has 2 aromatic carbocycles. The topological polar surface area (TPSA) is 17.1 Å². The van der Waals surface area contributed by atoms with Crippen molar-refractivity contribution in [2.75, 3.05) is 0 Å². The second-order valence-electron chi connectivity index (χ2n) is 5.32. The third-order valence-corrected chi connectivity index (χ3v) is 4.46. The number of benzene rings is 2. The van der Waals surface area contributed by atoms with Gasteiger partial charge in [0.1, 0.15) is 0 Å². The number of rotatable bonds is 2. The fourth-order valence-corrected chi connectivity index (χ4v) is 3.65. The van der Waals surface area contributed by atoms with Gasteiger partial charge in [0.05, 0.1) is 0 Å². The first-order valence-electron chi connectivity index (χ1n) is 6.60. The Labute approximate surface area is 116 Å². The molecular formula is C17H16OS. The maximum Gasteiger partial charge on any atom is 0.196 e. The fraction of sp³-hybridized carbons (Fsp3) is 0.235. The number of hydrogen-bond donors (Lipinski definition) is 0. The zero-order valence-corrected chi connectivity index (χ0v) is 12.0. The molecule has 0 bridgehead atoms. The number of fused-ring (bicyclic) bond motifs is 2. The molecule has 0 saturated carbocycles.